The summed E-state index contributed by atoms with van der Waals surface area (Å²) in [7, 11) is 0. The van der Waals surface area contributed by atoms with Gasteiger partial charge in [-0.2, -0.15) is 0 Å². The predicted molar refractivity (Wildman–Crippen MR) is 105 cm³/mol. The molecule has 0 radical (unpaired) electrons. The third-order valence-corrected chi connectivity index (χ3v) is 6.51. The molecule has 2 atom stereocenters. The lowest BCUT2D eigenvalue weighted by Gasteiger charge is -2.36. The Morgan fingerprint density at radius 3 is 2.23 bits per heavy atom. The molecule has 1 aromatic carbocycles. The second kappa shape index (κ2) is 8.40. The van der Waals surface area contributed by atoms with Crippen LogP contribution in [0.25, 0.3) is 0 Å². The summed E-state index contributed by atoms with van der Waals surface area (Å²) in [5.74, 6) is 1.95. The monoisotopic (exact) mass is 356 g/mol. The van der Waals surface area contributed by atoms with Gasteiger partial charge in [-0.15, -0.1) is 0 Å². The summed E-state index contributed by atoms with van der Waals surface area (Å²) in [6, 6.07) is 10.6. The number of piperazine rings is 1. The zero-order valence-electron chi connectivity index (χ0n) is 15.8. The second-order valence-electron chi connectivity index (χ2n) is 8.05. The molecule has 3 fully saturated rings. The highest BCUT2D eigenvalue weighted by Crippen LogP contribution is 2.27. The van der Waals surface area contributed by atoms with Gasteiger partial charge in [-0.25, -0.2) is 0 Å². The molecular formula is C21H32N4O. The van der Waals surface area contributed by atoms with E-state index in [-0.39, 0.29) is 0 Å². The van der Waals surface area contributed by atoms with Gasteiger partial charge in [-0.1, -0.05) is 18.2 Å². The fourth-order valence-corrected chi connectivity index (χ4v) is 4.75. The number of nitrogens with one attached hydrogen (secondary N) is 1. The van der Waals surface area contributed by atoms with Crippen LogP contribution >= 0.6 is 0 Å². The van der Waals surface area contributed by atoms with Gasteiger partial charge < -0.3 is 15.1 Å². The SMILES string of the molecule is O=C(CCN1CCN(c2ccccc2)CC1)N1CC[C@@H]2CNC[C@@H]2CC1. The van der Waals surface area contributed by atoms with Crippen LogP contribution in [0.4, 0.5) is 5.69 Å². The van der Waals surface area contributed by atoms with E-state index in [0.717, 1.165) is 70.7 Å². The van der Waals surface area contributed by atoms with Crippen molar-refractivity contribution >= 4 is 11.6 Å². The van der Waals surface area contributed by atoms with Crippen molar-refractivity contribution in [3.05, 3.63) is 30.3 Å². The van der Waals surface area contributed by atoms with E-state index < -0.39 is 0 Å². The van der Waals surface area contributed by atoms with Gasteiger partial charge in [0.2, 0.25) is 5.91 Å². The highest BCUT2D eigenvalue weighted by molar-refractivity contribution is 5.76. The summed E-state index contributed by atoms with van der Waals surface area (Å²) < 4.78 is 0. The summed E-state index contributed by atoms with van der Waals surface area (Å²) in [4.78, 5) is 19.7. The maximum absolute atomic E-state index is 12.7. The van der Waals surface area contributed by atoms with Crippen molar-refractivity contribution in [2.24, 2.45) is 11.8 Å². The second-order valence-corrected chi connectivity index (χ2v) is 8.05. The molecule has 1 amide bonds. The molecule has 5 nitrogen and oxygen atoms in total. The summed E-state index contributed by atoms with van der Waals surface area (Å²) >= 11 is 0. The molecule has 0 aromatic heterocycles. The van der Waals surface area contributed by atoms with Crippen LogP contribution in [-0.2, 0) is 4.79 Å². The lowest BCUT2D eigenvalue weighted by Crippen LogP contribution is -2.47. The first-order chi connectivity index (χ1) is 12.8. The molecule has 0 unspecified atom stereocenters. The van der Waals surface area contributed by atoms with Gasteiger partial charge in [-0.05, 0) is 49.9 Å². The number of carbonyl (C=O) groups excluding carboxylic acids is 1. The summed E-state index contributed by atoms with van der Waals surface area (Å²) in [6.07, 6.45) is 3.04. The van der Waals surface area contributed by atoms with Crippen LogP contribution in [0.5, 0.6) is 0 Å². The van der Waals surface area contributed by atoms with Crippen molar-refractivity contribution in [3.8, 4) is 0 Å². The molecule has 3 aliphatic rings. The largest absolute Gasteiger partial charge is 0.369 e. The van der Waals surface area contributed by atoms with Crippen LogP contribution in [-0.4, -0.2) is 74.6 Å². The lowest BCUT2D eigenvalue weighted by molar-refractivity contribution is -0.131. The minimum Gasteiger partial charge on any atom is -0.369 e. The van der Waals surface area contributed by atoms with Crippen molar-refractivity contribution in [2.75, 3.05) is 63.8 Å². The van der Waals surface area contributed by atoms with Crippen LogP contribution < -0.4 is 10.2 Å². The molecule has 0 bridgehead atoms. The van der Waals surface area contributed by atoms with E-state index in [4.69, 9.17) is 0 Å². The fraction of sp³-hybridized carbons (Fsp3) is 0.667. The summed E-state index contributed by atoms with van der Waals surface area (Å²) in [5.41, 5.74) is 1.31. The molecule has 26 heavy (non-hydrogen) atoms. The maximum atomic E-state index is 12.7. The van der Waals surface area contributed by atoms with Gasteiger partial charge >= 0.3 is 0 Å². The number of hydrogen-bond donors (Lipinski definition) is 1. The molecule has 0 saturated carbocycles. The van der Waals surface area contributed by atoms with Gasteiger partial charge in [0, 0.05) is 57.9 Å². The molecule has 4 rings (SSSR count). The number of rotatable bonds is 4. The Morgan fingerprint density at radius 2 is 1.58 bits per heavy atom. The Labute approximate surface area is 157 Å². The normalized spacial score (nSPS) is 27.2. The molecule has 3 heterocycles. The summed E-state index contributed by atoms with van der Waals surface area (Å²) in [5, 5.41) is 3.51. The molecule has 3 saturated heterocycles. The number of carbonyl (C=O) groups is 1. The molecule has 3 aliphatic heterocycles. The number of anilines is 1. The Balaban J connectivity index is 1.19. The van der Waals surface area contributed by atoms with Crippen LogP contribution in [0.3, 0.4) is 0 Å². The van der Waals surface area contributed by atoms with Crippen molar-refractivity contribution in [1.29, 1.82) is 0 Å². The van der Waals surface area contributed by atoms with Crippen molar-refractivity contribution < 1.29 is 4.79 Å². The van der Waals surface area contributed by atoms with Crippen molar-refractivity contribution in [1.82, 2.24) is 15.1 Å². The highest BCUT2D eigenvalue weighted by Gasteiger charge is 2.31. The number of benzene rings is 1. The lowest BCUT2D eigenvalue weighted by atomic mass is 9.92. The smallest absolute Gasteiger partial charge is 0.223 e. The van der Waals surface area contributed by atoms with E-state index in [0.29, 0.717) is 12.3 Å². The molecule has 0 spiro atoms. The first-order valence-electron chi connectivity index (χ1n) is 10.3. The van der Waals surface area contributed by atoms with Gasteiger partial charge in [0.05, 0.1) is 0 Å². The Hall–Kier alpha value is -1.59. The number of hydrogen-bond acceptors (Lipinski definition) is 4. The van der Waals surface area contributed by atoms with E-state index in [1.165, 1.54) is 18.5 Å². The zero-order valence-corrected chi connectivity index (χ0v) is 15.8. The highest BCUT2D eigenvalue weighted by atomic mass is 16.2. The maximum Gasteiger partial charge on any atom is 0.223 e. The summed E-state index contributed by atoms with van der Waals surface area (Å²) in [6.45, 7) is 9.35. The minimum atomic E-state index is 0.364. The zero-order chi connectivity index (χ0) is 17.8. The fourth-order valence-electron chi connectivity index (χ4n) is 4.75. The number of fused-ring (bicyclic) bond motifs is 1. The number of likely N-dealkylation sites (tertiary alicyclic amines) is 1. The third-order valence-electron chi connectivity index (χ3n) is 6.51. The molecule has 5 heteroatoms. The number of para-hydroxylation sites is 1. The standard InChI is InChI=1S/C21H32N4O/c26-21(25-10-6-18-16-22-17-19(18)7-11-25)8-9-23-12-14-24(15-13-23)20-4-2-1-3-5-20/h1-5,18-19,22H,6-17H2/t18-,19+. The Morgan fingerprint density at radius 1 is 0.923 bits per heavy atom. The predicted octanol–water partition coefficient (Wildman–Crippen LogP) is 1.66. The van der Waals surface area contributed by atoms with Gasteiger partial charge in [-0.3, -0.25) is 9.69 Å². The van der Waals surface area contributed by atoms with Gasteiger partial charge in [0.25, 0.3) is 0 Å². The van der Waals surface area contributed by atoms with E-state index in [2.05, 4.69) is 50.3 Å². The molecule has 1 N–H and O–H groups in total. The molecule has 0 aliphatic carbocycles. The molecule has 1 aromatic rings. The van der Waals surface area contributed by atoms with Crippen LogP contribution in [0.15, 0.2) is 30.3 Å². The quantitative estimate of drug-likeness (QED) is 0.891. The van der Waals surface area contributed by atoms with Crippen molar-refractivity contribution in [3.63, 3.8) is 0 Å². The average molecular weight is 357 g/mol. The van der Waals surface area contributed by atoms with Gasteiger partial charge in [0.1, 0.15) is 0 Å². The minimum absolute atomic E-state index is 0.364. The van der Waals surface area contributed by atoms with E-state index >= 15 is 0 Å². The van der Waals surface area contributed by atoms with Crippen molar-refractivity contribution in [2.45, 2.75) is 19.3 Å². The molecule has 142 valence electrons. The van der Waals surface area contributed by atoms with E-state index in [1.54, 1.807) is 0 Å². The number of amides is 1. The Kier molecular flexibility index (Phi) is 5.75. The molecular weight excluding hydrogens is 324 g/mol. The third kappa shape index (κ3) is 4.21. The van der Waals surface area contributed by atoms with Crippen LogP contribution in [0.2, 0.25) is 0 Å². The van der Waals surface area contributed by atoms with Crippen LogP contribution in [0.1, 0.15) is 19.3 Å². The van der Waals surface area contributed by atoms with Crippen LogP contribution in [0, 0.1) is 11.8 Å². The van der Waals surface area contributed by atoms with E-state index in [9.17, 15) is 4.79 Å². The Bertz CT molecular complexity index is 571. The van der Waals surface area contributed by atoms with E-state index in [1.807, 2.05) is 0 Å². The first-order valence-corrected chi connectivity index (χ1v) is 10.3. The van der Waals surface area contributed by atoms with Gasteiger partial charge in [0.15, 0.2) is 0 Å². The number of nitrogens with zero attached hydrogens (tertiary/aromatic N) is 3. The first kappa shape index (κ1) is 17.8. The average Bonchev–Trinajstić information content (AvgIpc) is 3.05. The topological polar surface area (TPSA) is 38.8 Å².